The molecule has 0 amide bonds. The normalized spacial score (nSPS) is 29.8. The van der Waals surface area contributed by atoms with Gasteiger partial charge in [0.2, 0.25) is 0 Å². The van der Waals surface area contributed by atoms with Crippen LogP contribution < -0.4 is 5.32 Å². The molecular formula is C30H33FN6O4S2. The van der Waals surface area contributed by atoms with E-state index >= 15 is 0 Å². The number of piperazine rings is 1. The molecule has 43 heavy (non-hydrogen) atoms. The topological polar surface area (TPSA) is 111 Å². The van der Waals surface area contributed by atoms with E-state index in [0.29, 0.717) is 59.0 Å². The standard InChI is InChI=1S/C30H33FN6O4S2/c1-3-41-26(38)22-21(33-24(25-32-7-10-43-25)34-23(22)19-5-4-6-20(31)17(19)2)13-35-8-9-36-18(11-35)12-37(28(36)42)30-14-29(15-30,16-30)27(39)40/h4-7,10,18,23H,3,8-9,11-16H2,1-2H3,(H,33,34)(H,39,40). The van der Waals surface area contributed by atoms with E-state index in [1.165, 1.54) is 17.4 Å². The number of thiazole rings is 1. The first-order valence-corrected chi connectivity index (χ1v) is 15.9. The predicted octanol–water partition coefficient (Wildman–Crippen LogP) is 3.09. The molecule has 0 spiro atoms. The van der Waals surface area contributed by atoms with Crippen molar-refractivity contribution in [2.75, 3.05) is 39.3 Å². The van der Waals surface area contributed by atoms with E-state index in [4.69, 9.17) is 21.9 Å². The molecular weight excluding hydrogens is 592 g/mol. The Morgan fingerprint density at radius 3 is 2.74 bits per heavy atom. The highest BCUT2D eigenvalue weighted by molar-refractivity contribution is 7.80. The zero-order valence-electron chi connectivity index (χ0n) is 24.0. The SMILES string of the molecule is CCOC(=O)C1=C(CN2CCN3C(=S)N(C45CC(C(=O)O)(C4)C5)CC3C2)NC(c2nccs2)=NC1c1cccc(F)c1C. The first-order valence-electron chi connectivity index (χ1n) is 14.6. The van der Waals surface area contributed by atoms with Crippen LogP contribution in [0.4, 0.5) is 4.39 Å². The fraction of sp³-hybridized carbons (Fsp3) is 0.500. The zero-order chi connectivity index (χ0) is 30.1. The highest BCUT2D eigenvalue weighted by Gasteiger charge is 2.75. The Hall–Kier alpha value is -3.42. The van der Waals surface area contributed by atoms with Crippen molar-refractivity contribution >= 4 is 46.4 Å². The summed E-state index contributed by atoms with van der Waals surface area (Å²) in [5.74, 6) is -0.998. The largest absolute Gasteiger partial charge is 0.481 e. The van der Waals surface area contributed by atoms with Crippen LogP contribution in [-0.2, 0) is 14.3 Å². The van der Waals surface area contributed by atoms with Gasteiger partial charge in [-0.3, -0.25) is 14.7 Å². The van der Waals surface area contributed by atoms with Gasteiger partial charge in [-0.2, -0.15) is 0 Å². The molecule has 3 aliphatic heterocycles. The Bertz CT molecular complexity index is 1560. The Morgan fingerprint density at radius 1 is 1.26 bits per heavy atom. The average molecular weight is 625 g/mol. The van der Waals surface area contributed by atoms with Crippen LogP contribution in [0.5, 0.6) is 0 Å². The number of carboxylic acids is 1. The van der Waals surface area contributed by atoms with E-state index in [1.807, 2.05) is 5.38 Å². The zero-order valence-corrected chi connectivity index (χ0v) is 25.6. The highest BCUT2D eigenvalue weighted by atomic mass is 32.1. The van der Waals surface area contributed by atoms with Gasteiger partial charge in [-0.05, 0) is 62.5 Å². The number of aliphatic carboxylic acids is 1. The van der Waals surface area contributed by atoms with Gasteiger partial charge >= 0.3 is 11.9 Å². The van der Waals surface area contributed by atoms with Crippen molar-refractivity contribution in [2.24, 2.45) is 10.4 Å². The number of thiocarbonyl (C=S) groups is 1. The molecule has 2 bridgehead atoms. The summed E-state index contributed by atoms with van der Waals surface area (Å²) < 4.78 is 20.3. The minimum atomic E-state index is -0.758. The van der Waals surface area contributed by atoms with Gasteiger partial charge in [0.1, 0.15) is 11.9 Å². The lowest BCUT2D eigenvalue weighted by atomic mass is 9.39. The van der Waals surface area contributed by atoms with Crippen LogP contribution >= 0.6 is 23.6 Å². The summed E-state index contributed by atoms with van der Waals surface area (Å²) in [7, 11) is 0. The summed E-state index contributed by atoms with van der Waals surface area (Å²) in [5.41, 5.74) is 1.41. The van der Waals surface area contributed by atoms with Crippen molar-refractivity contribution in [3.05, 3.63) is 63.0 Å². The van der Waals surface area contributed by atoms with Crippen molar-refractivity contribution in [2.45, 2.75) is 50.7 Å². The monoisotopic (exact) mass is 624 g/mol. The molecule has 6 aliphatic rings. The fourth-order valence-electron chi connectivity index (χ4n) is 7.55. The second kappa shape index (κ2) is 10.3. The molecule has 226 valence electrons. The van der Waals surface area contributed by atoms with Crippen LogP contribution in [0.1, 0.15) is 48.4 Å². The molecule has 13 heteroatoms. The molecule has 5 fully saturated rings. The molecule has 2 N–H and O–H groups in total. The number of carboxylic acid groups (broad SMARTS) is 1. The number of aliphatic imine (C=N–C) groups is 1. The lowest BCUT2D eigenvalue weighted by Crippen LogP contribution is -2.77. The lowest BCUT2D eigenvalue weighted by molar-refractivity contribution is -0.217. The summed E-state index contributed by atoms with van der Waals surface area (Å²) in [6, 6.07) is 4.26. The molecule has 8 rings (SSSR count). The maximum atomic E-state index is 14.8. The molecule has 3 saturated carbocycles. The van der Waals surface area contributed by atoms with E-state index in [2.05, 4.69) is 25.0 Å². The number of aromatic nitrogens is 1. The van der Waals surface area contributed by atoms with E-state index in [9.17, 15) is 19.1 Å². The second-order valence-electron chi connectivity index (χ2n) is 12.2. The van der Waals surface area contributed by atoms with Crippen LogP contribution in [-0.4, -0.2) is 98.6 Å². The van der Waals surface area contributed by atoms with Gasteiger partial charge in [-0.25, -0.2) is 14.2 Å². The maximum Gasteiger partial charge on any atom is 0.338 e. The van der Waals surface area contributed by atoms with E-state index in [1.54, 1.807) is 32.2 Å². The predicted molar refractivity (Wildman–Crippen MR) is 162 cm³/mol. The molecule has 2 unspecified atom stereocenters. The van der Waals surface area contributed by atoms with Gasteiger partial charge in [0.15, 0.2) is 16.0 Å². The van der Waals surface area contributed by atoms with Gasteiger partial charge in [0.05, 0.1) is 23.6 Å². The van der Waals surface area contributed by atoms with Crippen LogP contribution in [0.15, 0.2) is 46.0 Å². The van der Waals surface area contributed by atoms with Gasteiger partial charge < -0.3 is 25.0 Å². The minimum absolute atomic E-state index is 0.114. The molecule has 4 heterocycles. The Kier molecular flexibility index (Phi) is 6.82. The minimum Gasteiger partial charge on any atom is -0.481 e. The number of carbonyl (C=O) groups is 2. The first-order chi connectivity index (χ1) is 20.6. The van der Waals surface area contributed by atoms with Crippen molar-refractivity contribution < 1.29 is 23.8 Å². The summed E-state index contributed by atoms with van der Waals surface area (Å²) in [5, 5.41) is 16.4. The summed E-state index contributed by atoms with van der Waals surface area (Å²) in [6.45, 7) is 7.06. The van der Waals surface area contributed by atoms with E-state index in [0.717, 1.165) is 31.3 Å². The van der Waals surface area contributed by atoms with Crippen LogP contribution in [0, 0.1) is 18.2 Å². The first kappa shape index (κ1) is 28.4. The number of nitrogens with one attached hydrogen (secondary N) is 1. The maximum absolute atomic E-state index is 14.8. The van der Waals surface area contributed by atoms with Crippen LogP contribution in [0.3, 0.4) is 0 Å². The quantitative estimate of drug-likeness (QED) is 0.336. The number of hydrogen-bond donors (Lipinski definition) is 2. The van der Waals surface area contributed by atoms with Gasteiger partial charge in [0.25, 0.3) is 0 Å². The van der Waals surface area contributed by atoms with Crippen LogP contribution in [0.25, 0.3) is 0 Å². The highest BCUT2D eigenvalue weighted by Crippen LogP contribution is 2.70. The van der Waals surface area contributed by atoms with E-state index in [-0.39, 0.29) is 24.0 Å². The van der Waals surface area contributed by atoms with Gasteiger partial charge in [-0.1, -0.05) is 12.1 Å². The Labute approximate surface area is 258 Å². The van der Waals surface area contributed by atoms with Crippen molar-refractivity contribution in [3.8, 4) is 0 Å². The summed E-state index contributed by atoms with van der Waals surface area (Å²) in [6.07, 6.45) is 3.70. The number of hydrogen-bond acceptors (Lipinski definition) is 9. The molecule has 10 nitrogen and oxygen atoms in total. The Balaban J connectivity index is 1.17. The number of fused-ring (bicyclic) bond motifs is 1. The van der Waals surface area contributed by atoms with E-state index < -0.39 is 23.4 Å². The third kappa shape index (κ3) is 4.46. The molecule has 3 aliphatic carbocycles. The molecule has 2 saturated heterocycles. The third-order valence-corrected chi connectivity index (χ3v) is 10.9. The second-order valence-corrected chi connectivity index (χ2v) is 13.5. The number of rotatable bonds is 8. The van der Waals surface area contributed by atoms with Gasteiger partial charge in [-0.15, -0.1) is 11.3 Å². The number of nitrogens with zero attached hydrogens (tertiary/aromatic N) is 5. The molecule has 1 aromatic heterocycles. The number of halogens is 1. The molecule has 2 atom stereocenters. The van der Waals surface area contributed by atoms with Crippen molar-refractivity contribution in [1.82, 2.24) is 25.0 Å². The van der Waals surface area contributed by atoms with Crippen molar-refractivity contribution in [1.29, 1.82) is 0 Å². The number of ether oxygens (including phenoxy) is 1. The molecule has 2 aromatic rings. The summed E-state index contributed by atoms with van der Waals surface area (Å²) >= 11 is 7.34. The van der Waals surface area contributed by atoms with Gasteiger partial charge in [0, 0.05) is 55.5 Å². The third-order valence-electron chi connectivity index (χ3n) is 9.71. The van der Waals surface area contributed by atoms with Crippen LogP contribution in [0.2, 0.25) is 0 Å². The number of amidine groups is 1. The number of benzene rings is 1. The molecule has 1 aromatic carbocycles. The number of carbonyl (C=O) groups excluding carboxylic acids is 1. The smallest absolute Gasteiger partial charge is 0.338 e. The fourth-order valence-corrected chi connectivity index (χ4v) is 8.64. The average Bonchev–Trinajstić information content (AvgIpc) is 3.57. The number of esters is 1. The Morgan fingerprint density at radius 2 is 2.05 bits per heavy atom. The van der Waals surface area contributed by atoms with Crippen molar-refractivity contribution in [3.63, 3.8) is 0 Å². The lowest BCUT2D eigenvalue weighted by Gasteiger charge is -2.71. The molecule has 0 radical (unpaired) electrons. The summed E-state index contributed by atoms with van der Waals surface area (Å²) in [4.78, 5) is 41.4.